The molecule has 0 saturated carbocycles. The van der Waals surface area contributed by atoms with Gasteiger partial charge in [-0.3, -0.25) is 0 Å². The van der Waals surface area contributed by atoms with Crippen LogP contribution in [0.15, 0.2) is 23.1 Å². The maximum atomic E-state index is 12.3. The molecule has 0 N–H and O–H groups in total. The predicted molar refractivity (Wildman–Crippen MR) is 68.7 cm³/mol. The number of benzene rings is 1. The highest BCUT2D eigenvalue weighted by Gasteiger charge is 2.27. The number of halogens is 1. The molecule has 0 bridgehead atoms. The summed E-state index contributed by atoms with van der Waals surface area (Å²) in [6.07, 6.45) is 1.90. The Bertz CT molecular complexity index is 507. The second-order valence-electron chi connectivity index (χ2n) is 4.33. The summed E-state index contributed by atoms with van der Waals surface area (Å²) in [4.78, 5) is 0.362. The highest BCUT2D eigenvalue weighted by Crippen LogP contribution is 2.23. The van der Waals surface area contributed by atoms with Gasteiger partial charge >= 0.3 is 0 Å². The fourth-order valence-electron chi connectivity index (χ4n) is 2.03. The van der Waals surface area contributed by atoms with E-state index in [1.807, 2.05) is 13.0 Å². The van der Waals surface area contributed by atoms with Crippen LogP contribution in [0.25, 0.3) is 0 Å². The van der Waals surface area contributed by atoms with E-state index in [4.69, 9.17) is 11.6 Å². The van der Waals surface area contributed by atoms with Crippen LogP contribution in [0, 0.1) is 6.92 Å². The Kier molecular flexibility index (Phi) is 3.76. The second kappa shape index (κ2) is 4.96. The monoisotopic (exact) mass is 273 g/mol. The SMILES string of the molecule is Cc1ccc(S(=O)(=O)N2CCCC2)cc1CCl. The normalized spacial score (nSPS) is 17.5. The zero-order valence-corrected chi connectivity index (χ0v) is 11.4. The van der Waals surface area contributed by atoms with Crippen molar-refractivity contribution in [2.45, 2.75) is 30.5 Å². The first kappa shape index (κ1) is 12.9. The molecule has 1 aliphatic rings. The van der Waals surface area contributed by atoms with E-state index in [0.717, 1.165) is 24.0 Å². The van der Waals surface area contributed by atoms with Gasteiger partial charge in [0.25, 0.3) is 0 Å². The summed E-state index contributed by atoms with van der Waals surface area (Å²) in [5, 5.41) is 0. The first-order valence-corrected chi connectivity index (χ1v) is 7.69. The van der Waals surface area contributed by atoms with Crippen LogP contribution < -0.4 is 0 Å². The lowest BCUT2D eigenvalue weighted by Gasteiger charge is -2.16. The van der Waals surface area contributed by atoms with Crippen LogP contribution in [0.4, 0.5) is 0 Å². The van der Waals surface area contributed by atoms with E-state index in [2.05, 4.69) is 0 Å². The number of rotatable bonds is 3. The van der Waals surface area contributed by atoms with Crippen LogP contribution in [-0.2, 0) is 15.9 Å². The summed E-state index contributed by atoms with van der Waals surface area (Å²) in [5.74, 6) is 0.342. The van der Waals surface area contributed by atoms with Gasteiger partial charge < -0.3 is 0 Å². The molecule has 1 fully saturated rings. The molecule has 0 spiro atoms. The highest BCUT2D eigenvalue weighted by molar-refractivity contribution is 7.89. The number of hydrogen-bond acceptors (Lipinski definition) is 2. The average Bonchev–Trinajstić information content (AvgIpc) is 2.83. The molecular weight excluding hydrogens is 258 g/mol. The summed E-state index contributed by atoms with van der Waals surface area (Å²) in [6.45, 7) is 3.20. The van der Waals surface area contributed by atoms with Gasteiger partial charge in [0.2, 0.25) is 10.0 Å². The van der Waals surface area contributed by atoms with Gasteiger partial charge in [0.05, 0.1) is 4.90 Å². The number of alkyl halides is 1. The summed E-state index contributed by atoms with van der Waals surface area (Å²) in [7, 11) is -3.31. The Hall–Kier alpha value is -0.580. The Balaban J connectivity index is 2.39. The Morgan fingerprint density at radius 2 is 1.94 bits per heavy atom. The van der Waals surface area contributed by atoms with Gasteiger partial charge in [-0.05, 0) is 43.0 Å². The molecule has 1 aromatic carbocycles. The first-order valence-electron chi connectivity index (χ1n) is 5.71. The maximum absolute atomic E-state index is 12.3. The molecule has 0 aliphatic carbocycles. The molecule has 3 nitrogen and oxygen atoms in total. The molecule has 1 aromatic rings. The predicted octanol–water partition coefficient (Wildman–Crippen LogP) is 2.52. The van der Waals surface area contributed by atoms with Crippen molar-refractivity contribution in [3.63, 3.8) is 0 Å². The van der Waals surface area contributed by atoms with Crippen LogP contribution in [-0.4, -0.2) is 25.8 Å². The molecule has 0 aromatic heterocycles. The molecule has 0 amide bonds. The molecule has 1 aliphatic heterocycles. The van der Waals surface area contributed by atoms with Crippen molar-refractivity contribution < 1.29 is 8.42 Å². The van der Waals surface area contributed by atoms with Crippen molar-refractivity contribution in [1.29, 1.82) is 0 Å². The standard InChI is InChI=1S/C12H16ClNO2S/c1-10-4-5-12(8-11(10)9-13)17(15,16)14-6-2-3-7-14/h4-5,8H,2-3,6-7,9H2,1H3. The van der Waals surface area contributed by atoms with E-state index >= 15 is 0 Å². The third kappa shape index (κ3) is 2.49. The van der Waals surface area contributed by atoms with Crippen LogP contribution in [0.3, 0.4) is 0 Å². The largest absolute Gasteiger partial charge is 0.243 e. The van der Waals surface area contributed by atoms with Crippen molar-refractivity contribution in [3.8, 4) is 0 Å². The minimum Gasteiger partial charge on any atom is -0.207 e. The lowest BCUT2D eigenvalue weighted by atomic mass is 10.1. The minimum absolute atomic E-state index is 0.342. The Morgan fingerprint density at radius 3 is 2.53 bits per heavy atom. The minimum atomic E-state index is -3.31. The number of nitrogens with zero attached hydrogens (tertiary/aromatic N) is 1. The Morgan fingerprint density at radius 1 is 1.29 bits per heavy atom. The Labute approximate surface area is 107 Å². The van der Waals surface area contributed by atoms with Gasteiger partial charge in [-0.2, -0.15) is 4.31 Å². The van der Waals surface area contributed by atoms with E-state index in [0.29, 0.717) is 23.9 Å². The number of hydrogen-bond donors (Lipinski definition) is 0. The van der Waals surface area contributed by atoms with Crippen LogP contribution in [0.5, 0.6) is 0 Å². The molecule has 2 rings (SSSR count). The van der Waals surface area contributed by atoms with Gasteiger partial charge in [-0.1, -0.05) is 6.07 Å². The molecule has 0 radical (unpaired) electrons. The van der Waals surface area contributed by atoms with Gasteiger partial charge in [0.1, 0.15) is 0 Å². The van der Waals surface area contributed by atoms with Crippen molar-refractivity contribution in [2.75, 3.05) is 13.1 Å². The fraction of sp³-hybridized carbons (Fsp3) is 0.500. The summed E-state index contributed by atoms with van der Waals surface area (Å²) in [5.41, 5.74) is 1.91. The quantitative estimate of drug-likeness (QED) is 0.794. The zero-order valence-electron chi connectivity index (χ0n) is 9.82. The van der Waals surface area contributed by atoms with Crippen LogP contribution >= 0.6 is 11.6 Å². The van der Waals surface area contributed by atoms with E-state index in [-0.39, 0.29) is 0 Å². The number of sulfonamides is 1. The molecule has 0 unspecified atom stereocenters. The van der Waals surface area contributed by atoms with Crippen molar-refractivity contribution >= 4 is 21.6 Å². The molecule has 1 heterocycles. The summed E-state index contributed by atoms with van der Waals surface area (Å²) in [6, 6.07) is 5.18. The van der Waals surface area contributed by atoms with Gasteiger partial charge in [0.15, 0.2) is 0 Å². The van der Waals surface area contributed by atoms with Crippen molar-refractivity contribution in [3.05, 3.63) is 29.3 Å². The van der Waals surface area contributed by atoms with E-state index in [1.54, 1.807) is 16.4 Å². The molecule has 0 atom stereocenters. The van der Waals surface area contributed by atoms with Gasteiger partial charge in [-0.15, -0.1) is 11.6 Å². The zero-order chi connectivity index (χ0) is 12.5. The fourth-order valence-corrected chi connectivity index (χ4v) is 3.89. The smallest absolute Gasteiger partial charge is 0.207 e. The van der Waals surface area contributed by atoms with Crippen LogP contribution in [0.2, 0.25) is 0 Å². The van der Waals surface area contributed by atoms with Crippen molar-refractivity contribution in [2.24, 2.45) is 0 Å². The highest BCUT2D eigenvalue weighted by atomic mass is 35.5. The maximum Gasteiger partial charge on any atom is 0.243 e. The van der Waals surface area contributed by atoms with E-state index < -0.39 is 10.0 Å². The van der Waals surface area contributed by atoms with E-state index in [9.17, 15) is 8.42 Å². The lowest BCUT2D eigenvalue weighted by molar-refractivity contribution is 0.477. The average molecular weight is 274 g/mol. The summed E-state index contributed by atoms with van der Waals surface area (Å²) < 4.78 is 26.1. The van der Waals surface area contributed by atoms with E-state index in [1.165, 1.54) is 0 Å². The van der Waals surface area contributed by atoms with Crippen LogP contribution in [0.1, 0.15) is 24.0 Å². The molecule has 17 heavy (non-hydrogen) atoms. The van der Waals surface area contributed by atoms with Crippen molar-refractivity contribution in [1.82, 2.24) is 4.31 Å². The molecule has 94 valence electrons. The topological polar surface area (TPSA) is 37.4 Å². The van der Waals surface area contributed by atoms with Gasteiger partial charge in [0, 0.05) is 19.0 Å². The molecule has 1 saturated heterocycles. The second-order valence-corrected chi connectivity index (χ2v) is 6.54. The first-order chi connectivity index (χ1) is 8.05. The third-order valence-electron chi connectivity index (χ3n) is 3.17. The summed E-state index contributed by atoms with van der Waals surface area (Å²) >= 11 is 5.81. The molecular formula is C12H16ClNO2S. The molecule has 5 heteroatoms. The van der Waals surface area contributed by atoms with Gasteiger partial charge in [-0.25, -0.2) is 8.42 Å². The number of aryl methyl sites for hydroxylation is 1. The lowest BCUT2D eigenvalue weighted by Crippen LogP contribution is -2.27. The third-order valence-corrected chi connectivity index (χ3v) is 5.35.